The lowest BCUT2D eigenvalue weighted by molar-refractivity contribution is 0.352. The summed E-state index contributed by atoms with van der Waals surface area (Å²) in [5.41, 5.74) is 2.89. The molecule has 0 aromatic carbocycles. The minimum Gasteiger partial charge on any atom is -0.302 e. The van der Waals surface area contributed by atoms with E-state index in [-0.39, 0.29) is 0 Å². The number of hydrogen-bond donors (Lipinski definition) is 0. The third-order valence-electron chi connectivity index (χ3n) is 1.88. The molecule has 0 aliphatic carbocycles. The van der Waals surface area contributed by atoms with E-state index in [1.165, 1.54) is 24.8 Å². The van der Waals surface area contributed by atoms with Gasteiger partial charge in [-0.3, -0.25) is 0 Å². The summed E-state index contributed by atoms with van der Waals surface area (Å²) in [4.78, 5) is 2.31. The summed E-state index contributed by atoms with van der Waals surface area (Å²) in [5, 5.41) is 1.12. The van der Waals surface area contributed by atoms with Crippen molar-refractivity contribution >= 4 is 27.5 Å². The summed E-state index contributed by atoms with van der Waals surface area (Å²) >= 11 is 9.01. The number of likely N-dealkylation sites (N-methyl/N-ethyl adjacent to an activating group) is 1. The number of halogens is 2. The van der Waals surface area contributed by atoms with E-state index in [0.717, 1.165) is 18.4 Å². The second-order valence-electron chi connectivity index (χ2n) is 3.44. The van der Waals surface area contributed by atoms with Crippen LogP contribution in [-0.4, -0.2) is 30.4 Å². The van der Waals surface area contributed by atoms with E-state index < -0.39 is 0 Å². The molecule has 78 valence electrons. The van der Waals surface area contributed by atoms with Gasteiger partial charge in [-0.05, 0) is 38.9 Å². The van der Waals surface area contributed by atoms with Gasteiger partial charge < -0.3 is 4.90 Å². The topological polar surface area (TPSA) is 3.24 Å². The fourth-order valence-corrected chi connectivity index (χ4v) is 1.66. The molecule has 0 unspecified atom stereocenters. The summed E-state index contributed by atoms with van der Waals surface area (Å²) in [6, 6.07) is 0. The van der Waals surface area contributed by atoms with Crippen LogP contribution in [0.15, 0.2) is 11.1 Å². The van der Waals surface area contributed by atoms with E-state index in [9.17, 15) is 0 Å². The van der Waals surface area contributed by atoms with E-state index >= 15 is 0 Å². The van der Waals surface area contributed by atoms with Crippen molar-refractivity contribution in [1.82, 2.24) is 4.90 Å². The zero-order chi connectivity index (χ0) is 10.1. The van der Waals surface area contributed by atoms with Gasteiger partial charge in [-0.2, -0.15) is 0 Å². The molecule has 0 N–H and O–H groups in total. The van der Waals surface area contributed by atoms with Crippen molar-refractivity contribution in [2.45, 2.75) is 26.2 Å². The van der Waals surface area contributed by atoms with Crippen LogP contribution in [0.5, 0.6) is 0 Å². The molecule has 0 rings (SSSR count). The molecule has 0 atom stereocenters. The number of nitrogens with zero attached hydrogens (tertiary/aromatic N) is 1. The van der Waals surface area contributed by atoms with Gasteiger partial charge >= 0.3 is 0 Å². The maximum atomic E-state index is 5.58. The minimum absolute atomic E-state index is 0.984. The Bertz CT molecular complexity index is 148. The lowest BCUT2D eigenvalue weighted by Crippen LogP contribution is -2.21. The van der Waals surface area contributed by atoms with Gasteiger partial charge in [-0.1, -0.05) is 34.0 Å². The molecule has 0 amide bonds. The third kappa shape index (κ3) is 8.79. The first-order valence-corrected chi connectivity index (χ1v) is 6.27. The summed E-state index contributed by atoms with van der Waals surface area (Å²) < 4.78 is 0. The van der Waals surface area contributed by atoms with Crippen molar-refractivity contribution in [3.8, 4) is 0 Å². The normalized spacial score (nSPS) is 12.5. The Morgan fingerprint density at radius 3 is 2.62 bits per heavy atom. The lowest BCUT2D eigenvalue weighted by atomic mass is 10.2. The molecule has 0 aromatic heterocycles. The average Bonchev–Trinajstić information content (AvgIpc) is 2.12. The maximum Gasteiger partial charge on any atom is 0.0198 e. The van der Waals surface area contributed by atoms with Gasteiger partial charge in [0.2, 0.25) is 0 Å². The summed E-state index contributed by atoms with van der Waals surface area (Å²) in [6.45, 7) is 4.20. The Labute approximate surface area is 95.3 Å². The van der Waals surface area contributed by atoms with Crippen molar-refractivity contribution in [2.24, 2.45) is 0 Å². The standard InChI is InChI=1S/C10H19BrClN/c1-10(8-12)9-13(2)7-5-3-4-6-11/h8H,3-7,9H2,1-2H3. The zero-order valence-corrected chi connectivity index (χ0v) is 10.9. The van der Waals surface area contributed by atoms with Gasteiger partial charge in [0, 0.05) is 17.4 Å². The van der Waals surface area contributed by atoms with Crippen LogP contribution in [0.3, 0.4) is 0 Å². The molecule has 0 aliphatic rings. The van der Waals surface area contributed by atoms with E-state index in [2.05, 4.69) is 34.8 Å². The van der Waals surface area contributed by atoms with Crippen LogP contribution < -0.4 is 0 Å². The fourth-order valence-electron chi connectivity index (χ4n) is 1.19. The van der Waals surface area contributed by atoms with Crippen LogP contribution in [0.2, 0.25) is 0 Å². The summed E-state index contributed by atoms with van der Waals surface area (Å²) in [6.07, 6.45) is 3.86. The SMILES string of the molecule is CC(=CCl)CN(C)CCCCCBr. The smallest absolute Gasteiger partial charge is 0.0198 e. The molecule has 0 bridgehead atoms. The van der Waals surface area contributed by atoms with E-state index in [4.69, 9.17) is 11.6 Å². The summed E-state index contributed by atoms with van der Waals surface area (Å²) in [5.74, 6) is 0. The Kier molecular flexibility index (Phi) is 9.37. The number of rotatable bonds is 7. The van der Waals surface area contributed by atoms with Crippen LogP contribution in [-0.2, 0) is 0 Å². The molecule has 13 heavy (non-hydrogen) atoms. The van der Waals surface area contributed by atoms with Gasteiger partial charge in [0.15, 0.2) is 0 Å². The first-order chi connectivity index (χ1) is 6.20. The first-order valence-electron chi connectivity index (χ1n) is 4.71. The zero-order valence-electron chi connectivity index (χ0n) is 8.52. The second kappa shape index (κ2) is 9.04. The molecule has 0 spiro atoms. The second-order valence-corrected chi connectivity index (χ2v) is 4.45. The van der Waals surface area contributed by atoms with Crippen molar-refractivity contribution in [3.63, 3.8) is 0 Å². The Balaban J connectivity index is 3.35. The van der Waals surface area contributed by atoms with E-state index in [1.807, 2.05) is 0 Å². The molecule has 0 heterocycles. The van der Waals surface area contributed by atoms with Crippen LogP contribution in [0.1, 0.15) is 26.2 Å². The quantitative estimate of drug-likeness (QED) is 0.503. The highest BCUT2D eigenvalue weighted by Crippen LogP contribution is 2.02. The van der Waals surface area contributed by atoms with Crippen molar-refractivity contribution < 1.29 is 0 Å². The summed E-state index contributed by atoms with van der Waals surface area (Å²) in [7, 11) is 2.14. The molecule has 0 aromatic rings. The highest BCUT2D eigenvalue weighted by Gasteiger charge is 1.98. The van der Waals surface area contributed by atoms with Crippen LogP contribution in [0.25, 0.3) is 0 Å². The Morgan fingerprint density at radius 2 is 2.08 bits per heavy atom. The number of hydrogen-bond acceptors (Lipinski definition) is 1. The molecule has 0 saturated heterocycles. The molecule has 0 saturated carbocycles. The number of unbranched alkanes of at least 4 members (excludes halogenated alkanes) is 2. The van der Waals surface area contributed by atoms with E-state index in [0.29, 0.717) is 0 Å². The number of alkyl halides is 1. The molecule has 1 nitrogen and oxygen atoms in total. The molecular formula is C10H19BrClN. The molecule has 0 fully saturated rings. The van der Waals surface area contributed by atoms with Crippen LogP contribution >= 0.6 is 27.5 Å². The Hall–Kier alpha value is 0.470. The van der Waals surface area contributed by atoms with Gasteiger partial charge in [-0.15, -0.1) is 0 Å². The molecular weight excluding hydrogens is 249 g/mol. The Morgan fingerprint density at radius 1 is 1.38 bits per heavy atom. The van der Waals surface area contributed by atoms with Crippen molar-refractivity contribution in [3.05, 3.63) is 11.1 Å². The van der Waals surface area contributed by atoms with Gasteiger partial charge in [0.05, 0.1) is 0 Å². The van der Waals surface area contributed by atoms with Crippen molar-refractivity contribution in [2.75, 3.05) is 25.5 Å². The monoisotopic (exact) mass is 267 g/mol. The van der Waals surface area contributed by atoms with Gasteiger partial charge in [-0.25, -0.2) is 0 Å². The molecule has 0 radical (unpaired) electrons. The highest BCUT2D eigenvalue weighted by atomic mass is 79.9. The van der Waals surface area contributed by atoms with E-state index in [1.54, 1.807) is 5.54 Å². The maximum absolute atomic E-state index is 5.58. The van der Waals surface area contributed by atoms with Crippen molar-refractivity contribution in [1.29, 1.82) is 0 Å². The molecule has 0 aliphatic heterocycles. The highest BCUT2D eigenvalue weighted by molar-refractivity contribution is 9.09. The first kappa shape index (κ1) is 13.5. The average molecular weight is 269 g/mol. The predicted molar refractivity (Wildman–Crippen MR) is 64.8 cm³/mol. The predicted octanol–water partition coefficient (Wildman–Crippen LogP) is 3.63. The fraction of sp³-hybridized carbons (Fsp3) is 0.800. The van der Waals surface area contributed by atoms with Gasteiger partial charge in [0.1, 0.15) is 0 Å². The molecule has 3 heteroatoms. The largest absolute Gasteiger partial charge is 0.302 e. The minimum atomic E-state index is 0.984. The van der Waals surface area contributed by atoms with Crippen LogP contribution in [0, 0.1) is 0 Å². The van der Waals surface area contributed by atoms with Gasteiger partial charge in [0.25, 0.3) is 0 Å². The third-order valence-corrected chi connectivity index (χ3v) is 2.81. The lowest BCUT2D eigenvalue weighted by Gasteiger charge is -2.16. The van der Waals surface area contributed by atoms with Crippen LogP contribution in [0.4, 0.5) is 0 Å².